The Bertz CT molecular complexity index is 1820. The van der Waals surface area contributed by atoms with E-state index in [2.05, 4.69) is 70.7 Å². The van der Waals surface area contributed by atoms with Crippen LogP contribution in [0.2, 0.25) is 5.54 Å². The molecule has 46 heavy (non-hydrogen) atoms. The fourth-order valence-corrected chi connectivity index (χ4v) is 10.2. The third-order valence-corrected chi connectivity index (χ3v) is 13.5. The zero-order chi connectivity index (χ0) is 32.2. The maximum absolute atomic E-state index is 13.4. The van der Waals surface area contributed by atoms with E-state index < -0.39 is 11.6 Å². The third kappa shape index (κ3) is 5.84. The van der Waals surface area contributed by atoms with E-state index in [1.807, 2.05) is 12.3 Å². The molecule has 6 heterocycles. The van der Waals surface area contributed by atoms with E-state index in [0.29, 0.717) is 25.8 Å². The topological polar surface area (TPSA) is 98.6 Å². The fourth-order valence-electron chi connectivity index (χ4n) is 6.68. The van der Waals surface area contributed by atoms with E-state index in [4.69, 9.17) is 19.4 Å². The van der Waals surface area contributed by atoms with E-state index in [9.17, 15) is 9.59 Å². The molecule has 2 saturated heterocycles. The van der Waals surface area contributed by atoms with Crippen molar-refractivity contribution in [3.8, 4) is 22.5 Å². The van der Waals surface area contributed by atoms with Gasteiger partial charge in [0.25, 0.3) is 0 Å². The number of benzene rings is 1. The first kappa shape index (κ1) is 31.9. The number of hydrogen-bond donors (Lipinski definition) is 1. The van der Waals surface area contributed by atoms with Gasteiger partial charge in [-0.2, -0.15) is 0 Å². The minimum atomic E-state index is -0.567. The van der Waals surface area contributed by atoms with Gasteiger partial charge in [-0.05, 0) is 6.42 Å². The minimum absolute atomic E-state index is 0.106. The zero-order valence-corrected chi connectivity index (χ0v) is 30.5. The third-order valence-electron chi connectivity index (χ3n) is 9.12. The zero-order valence-electron chi connectivity index (χ0n) is 26.6. The van der Waals surface area contributed by atoms with E-state index in [0.717, 1.165) is 61.5 Å². The first-order chi connectivity index (χ1) is 22.1. The van der Waals surface area contributed by atoms with Crippen molar-refractivity contribution in [2.24, 2.45) is 5.41 Å². The number of nitrogens with zero attached hydrogens (tertiary/aromatic N) is 4. The molecule has 9 nitrogen and oxygen atoms in total. The quantitative estimate of drug-likeness (QED) is 0.147. The Hall–Kier alpha value is -2.65. The van der Waals surface area contributed by atoms with Crippen molar-refractivity contribution in [1.82, 2.24) is 25.0 Å². The summed E-state index contributed by atoms with van der Waals surface area (Å²) in [6, 6.07) is 10.2. The van der Waals surface area contributed by atoms with Crippen molar-refractivity contribution < 1.29 is 40.3 Å². The number of aromatic nitrogens is 3. The van der Waals surface area contributed by atoms with Gasteiger partial charge >= 0.3 is 244 Å². The van der Waals surface area contributed by atoms with Crippen molar-refractivity contribution in [2.45, 2.75) is 68.2 Å². The van der Waals surface area contributed by atoms with Crippen LogP contribution >= 0.6 is 11.3 Å². The number of pyridine rings is 1. The number of hydrazine groups is 1. The molecule has 3 aliphatic rings. The summed E-state index contributed by atoms with van der Waals surface area (Å²) in [6.45, 7) is 8.07. The summed E-state index contributed by atoms with van der Waals surface area (Å²) in [5.41, 5.74) is 9.89. The Morgan fingerprint density at radius 1 is 1.26 bits per heavy atom. The van der Waals surface area contributed by atoms with Crippen molar-refractivity contribution in [3.05, 3.63) is 58.2 Å². The molecular formula is C34H38IN5O4SSi-. The molecule has 2 fully saturated rings. The molecule has 1 N–H and O–H groups in total. The van der Waals surface area contributed by atoms with E-state index in [1.54, 1.807) is 23.5 Å². The Morgan fingerprint density at radius 2 is 2.09 bits per heavy atom. The number of ether oxygens (including phenoxy) is 2. The number of nitrogens with one attached hydrogen (secondary N) is 1. The predicted octanol–water partition coefficient (Wildman–Crippen LogP) is 1.87. The number of esters is 1. The number of aryl methyl sites for hydroxylation is 1. The Kier molecular flexibility index (Phi) is 8.62. The van der Waals surface area contributed by atoms with Gasteiger partial charge in [-0.3, -0.25) is 9.80 Å². The molecule has 0 saturated carbocycles. The van der Waals surface area contributed by atoms with Crippen molar-refractivity contribution in [3.63, 3.8) is 0 Å². The van der Waals surface area contributed by atoms with Gasteiger partial charge < -0.3 is 0 Å². The Labute approximate surface area is 287 Å². The van der Waals surface area contributed by atoms with Gasteiger partial charge in [-0.15, -0.1) is 0 Å². The van der Waals surface area contributed by atoms with E-state index in [-0.39, 0.29) is 48.7 Å². The molecule has 6 bridgehead atoms. The second kappa shape index (κ2) is 12.4. The van der Waals surface area contributed by atoms with Gasteiger partial charge in [0.05, 0.1) is 0 Å². The van der Waals surface area contributed by atoms with Crippen LogP contribution in [0.15, 0.2) is 41.9 Å². The number of halogens is 1. The summed E-state index contributed by atoms with van der Waals surface area (Å²) < 4.78 is 15.3. The fraction of sp³-hybridized carbons (Fsp3) is 0.471. The van der Waals surface area contributed by atoms with Crippen molar-refractivity contribution in [2.75, 3.05) is 24.7 Å². The predicted molar refractivity (Wildman–Crippen MR) is 175 cm³/mol. The number of hydrogen-bond acceptors (Lipinski definition) is 8. The van der Waals surface area contributed by atoms with Gasteiger partial charge in [-0.1, -0.05) is 0 Å². The average Bonchev–Trinajstić information content (AvgIpc) is 3.63. The van der Waals surface area contributed by atoms with Crippen molar-refractivity contribution in [1.29, 1.82) is 0 Å². The number of methoxy groups -OCH3 is 1. The summed E-state index contributed by atoms with van der Waals surface area (Å²) in [4.78, 5) is 36.6. The number of carbonyl (C=O) groups is 2. The molecule has 1 aromatic carbocycles. The van der Waals surface area contributed by atoms with E-state index in [1.165, 1.54) is 5.56 Å². The summed E-state index contributed by atoms with van der Waals surface area (Å²) in [5.74, 6) is -0.431. The molecule has 0 spiro atoms. The molecule has 4 aromatic rings. The molecule has 12 heteroatoms. The number of alkyl halides is 2. The normalized spacial score (nSPS) is 25.1. The number of carbonyl (C=O) groups excluding carboxylic acids is 2. The van der Waals surface area contributed by atoms with Crippen LogP contribution in [0, 0.1) is 5.41 Å². The van der Waals surface area contributed by atoms with Gasteiger partial charge in [0.15, 0.2) is 0 Å². The van der Waals surface area contributed by atoms with Crippen LogP contribution in [0.3, 0.4) is 0 Å². The molecule has 3 radical (unpaired) electrons. The molecule has 241 valence electrons. The number of amides is 1. The Balaban J connectivity index is 1.40. The van der Waals surface area contributed by atoms with Crippen LogP contribution in [0.1, 0.15) is 49.9 Å². The number of rotatable bonds is 4. The average molecular weight is 768 g/mol. The van der Waals surface area contributed by atoms with Crippen LogP contribution in [-0.2, 0) is 42.1 Å². The van der Waals surface area contributed by atoms with Gasteiger partial charge in [0, 0.05) is 22.3 Å². The Morgan fingerprint density at radius 3 is 2.85 bits per heavy atom. The molecule has 3 aliphatic heterocycles. The SMILES string of the molecule is CCn1c(-c2cccnc2[C@@]2(OC)C[I-]2)c2c3cc(ccc31)-c1csc(n1)C[C@H]([Si])C(=O)N1CCC[C@H](N1)C(=O)OCC(C)(C)C2. The van der Waals surface area contributed by atoms with Crippen LogP contribution < -0.4 is 26.6 Å². The summed E-state index contributed by atoms with van der Waals surface area (Å²) in [6.07, 6.45) is 4.36. The summed E-state index contributed by atoms with van der Waals surface area (Å²) in [5, 5.41) is 5.68. The molecule has 0 aliphatic carbocycles. The molecular weight excluding hydrogens is 729 g/mol. The summed E-state index contributed by atoms with van der Waals surface area (Å²) in [7, 11) is 5.48. The maximum atomic E-state index is 13.4. The van der Waals surface area contributed by atoms with Gasteiger partial charge in [0.1, 0.15) is 0 Å². The standard InChI is InChI=1S/C34H38IN5O4SSi/c1-5-39-26-11-10-20-14-22(26)23(29(39)21-8-6-12-36-30(21)34(43-4)18-35-34)16-33(2,3)19-44-32(42)24-9-7-13-40(38-24)31(41)27(46)15-28-37-25(20)17-45-28/h6,8,10-12,14,17,24,27,38H,5,7,9,13,15-16,18-19H2,1-4H3/q-1/t24-,27-,34-/m0/s1. The second-order valence-electron chi connectivity index (χ2n) is 13.0. The monoisotopic (exact) mass is 767 g/mol. The van der Waals surface area contributed by atoms with Gasteiger partial charge in [-0.25, -0.2) is 0 Å². The van der Waals surface area contributed by atoms with Crippen LogP contribution in [0.5, 0.6) is 0 Å². The van der Waals surface area contributed by atoms with Crippen LogP contribution in [-0.4, -0.2) is 72.4 Å². The van der Waals surface area contributed by atoms with Crippen LogP contribution in [0.4, 0.5) is 0 Å². The molecule has 3 aromatic heterocycles. The molecule has 1 amide bonds. The van der Waals surface area contributed by atoms with Gasteiger partial charge in [0.2, 0.25) is 5.91 Å². The van der Waals surface area contributed by atoms with E-state index >= 15 is 0 Å². The molecule has 0 unspecified atom stereocenters. The first-order valence-electron chi connectivity index (χ1n) is 15.8. The second-order valence-corrected chi connectivity index (χ2v) is 18.0. The molecule has 7 rings (SSSR count). The number of thiazole rings is 1. The van der Waals surface area contributed by atoms with Crippen molar-refractivity contribution >= 4 is 44.4 Å². The van der Waals surface area contributed by atoms with Crippen LogP contribution in [0.25, 0.3) is 33.4 Å². The first-order valence-corrected chi connectivity index (χ1v) is 19.9. The molecule has 3 atom stereocenters. The summed E-state index contributed by atoms with van der Waals surface area (Å²) >= 11 is 1.43. The number of fused-ring (bicyclic) bond motifs is 6. The number of cyclic esters (lactones) is 1.